The maximum absolute atomic E-state index is 12.5. The fraction of sp³-hybridized carbons (Fsp3) is 0.467. The molecular formula is C15H19IN2O4S. The van der Waals surface area contributed by atoms with E-state index in [4.69, 9.17) is 0 Å². The summed E-state index contributed by atoms with van der Waals surface area (Å²) < 4.78 is 23.8. The molecule has 0 spiro atoms. The number of carbonyl (C=O) groups excluding carboxylic acids is 2. The molecule has 1 heterocycles. The lowest BCUT2D eigenvalue weighted by Gasteiger charge is -2.21. The summed E-state index contributed by atoms with van der Waals surface area (Å²) in [5.41, 5.74) is 0.537. The first kappa shape index (κ1) is 18.2. The largest absolute Gasteiger partial charge is 0.351 e. The zero-order chi connectivity index (χ0) is 17.0. The average Bonchev–Trinajstić information content (AvgIpc) is 2.82. The number of rotatable bonds is 5. The van der Waals surface area contributed by atoms with Gasteiger partial charge in [0.2, 0.25) is 5.91 Å². The third-order valence-electron chi connectivity index (χ3n) is 3.67. The topological polar surface area (TPSA) is 83.6 Å². The lowest BCUT2D eigenvalue weighted by atomic mass is 10.2. The smallest absolute Gasteiger partial charge is 0.254 e. The van der Waals surface area contributed by atoms with Gasteiger partial charge in [-0.3, -0.25) is 9.59 Å². The molecule has 0 aliphatic carbocycles. The highest BCUT2D eigenvalue weighted by atomic mass is 127. The molecule has 126 valence electrons. The molecule has 1 aliphatic heterocycles. The first-order chi connectivity index (χ1) is 10.8. The monoisotopic (exact) mass is 450 g/mol. The summed E-state index contributed by atoms with van der Waals surface area (Å²) in [7, 11) is -3.04. The van der Waals surface area contributed by atoms with Crippen LogP contribution in [0.2, 0.25) is 0 Å². The Labute approximate surface area is 149 Å². The predicted molar refractivity (Wildman–Crippen MR) is 95.9 cm³/mol. The molecule has 23 heavy (non-hydrogen) atoms. The van der Waals surface area contributed by atoms with Gasteiger partial charge in [0, 0.05) is 21.7 Å². The number of halogens is 1. The molecule has 1 aromatic rings. The first-order valence-electron chi connectivity index (χ1n) is 7.35. The second-order valence-corrected chi connectivity index (χ2v) is 8.97. The van der Waals surface area contributed by atoms with E-state index in [0.29, 0.717) is 18.5 Å². The molecule has 1 aromatic carbocycles. The molecule has 1 fully saturated rings. The van der Waals surface area contributed by atoms with Crippen LogP contribution < -0.4 is 5.32 Å². The van der Waals surface area contributed by atoms with Gasteiger partial charge in [0.15, 0.2) is 9.84 Å². The Morgan fingerprint density at radius 2 is 2.13 bits per heavy atom. The van der Waals surface area contributed by atoms with E-state index in [1.165, 1.54) is 4.90 Å². The minimum atomic E-state index is -3.04. The van der Waals surface area contributed by atoms with Crippen molar-refractivity contribution in [3.8, 4) is 0 Å². The van der Waals surface area contributed by atoms with E-state index in [2.05, 4.69) is 27.9 Å². The first-order valence-corrected chi connectivity index (χ1v) is 10.3. The van der Waals surface area contributed by atoms with Gasteiger partial charge >= 0.3 is 0 Å². The molecule has 1 saturated heterocycles. The zero-order valence-electron chi connectivity index (χ0n) is 12.8. The van der Waals surface area contributed by atoms with Crippen molar-refractivity contribution in [2.75, 3.05) is 24.6 Å². The van der Waals surface area contributed by atoms with Crippen LogP contribution in [0.25, 0.3) is 0 Å². The van der Waals surface area contributed by atoms with Gasteiger partial charge in [-0.1, -0.05) is 6.07 Å². The van der Waals surface area contributed by atoms with Crippen LogP contribution in [-0.2, 0) is 14.6 Å². The number of sulfone groups is 1. The van der Waals surface area contributed by atoms with Crippen molar-refractivity contribution in [2.24, 2.45) is 0 Å². The molecule has 1 aliphatic rings. The van der Waals surface area contributed by atoms with E-state index in [9.17, 15) is 18.0 Å². The van der Waals surface area contributed by atoms with Gasteiger partial charge in [-0.25, -0.2) is 8.42 Å². The quantitative estimate of drug-likeness (QED) is 0.681. The van der Waals surface area contributed by atoms with E-state index in [-0.39, 0.29) is 35.9 Å². The van der Waals surface area contributed by atoms with E-state index in [1.807, 2.05) is 6.07 Å². The minimum absolute atomic E-state index is 0.0182. The molecule has 0 aromatic heterocycles. The van der Waals surface area contributed by atoms with Crippen LogP contribution in [0.3, 0.4) is 0 Å². The molecule has 2 rings (SSSR count). The second-order valence-electron chi connectivity index (χ2n) is 5.50. The van der Waals surface area contributed by atoms with Crippen LogP contribution in [0.15, 0.2) is 24.3 Å². The molecule has 0 bridgehead atoms. The van der Waals surface area contributed by atoms with Crippen molar-refractivity contribution in [3.63, 3.8) is 0 Å². The Bertz CT molecular complexity index is 705. The van der Waals surface area contributed by atoms with Crippen LogP contribution in [0.4, 0.5) is 0 Å². The third-order valence-corrected chi connectivity index (χ3v) is 6.11. The minimum Gasteiger partial charge on any atom is -0.351 e. The molecule has 1 N–H and O–H groups in total. The maximum Gasteiger partial charge on any atom is 0.254 e. The molecule has 1 atom stereocenters. The molecule has 8 heteroatoms. The molecule has 0 saturated carbocycles. The fourth-order valence-corrected chi connectivity index (χ4v) is 4.70. The fourth-order valence-electron chi connectivity index (χ4n) is 2.49. The standard InChI is InChI=1S/C15H19IN2O4S/c1-2-18(15(20)11-4-3-5-12(16)8-11)9-14(19)17-13-6-7-23(21,22)10-13/h3-5,8,13H,2,6-7,9-10H2,1H3,(H,17,19). The summed E-state index contributed by atoms with van der Waals surface area (Å²) in [5.74, 6) is -0.444. The summed E-state index contributed by atoms with van der Waals surface area (Å²) in [4.78, 5) is 26.0. The molecule has 1 unspecified atom stereocenters. The Hall–Kier alpha value is -1.16. The Morgan fingerprint density at radius 1 is 1.39 bits per heavy atom. The summed E-state index contributed by atoms with van der Waals surface area (Å²) >= 11 is 2.13. The lowest BCUT2D eigenvalue weighted by Crippen LogP contribution is -2.44. The number of benzene rings is 1. The van der Waals surface area contributed by atoms with Crippen molar-refractivity contribution >= 4 is 44.2 Å². The SMILES string of the molecule is CCN(CC(=O)NC1CCS(=O)(=O)C1)C(=O)c1cccc(I)c1. The number of nitrogens with zero attached hydrogens (tertiary/aromatic N) is 1. The highest BCUT2D eigenvalue weighted by molar-refractivity contribution is 14.1. The van der Waals surface area contributed by atoms with Gasteiger partial charge < -0.3 is 10.2 Å². The summed E-state index contributed by atoms with van der Waals surface area (Å²) in [6.45, 7) is 2.14. The number of hydrogen-bond acceptors (Lipinski definition) is 4. The third kappa shape index (κ3) is 5.17. The van der Waals surface area contributed by atoms with Crippen molar-refractivity contribution in [3.05, 3.63) is 33.4 Å². The van der Waals surface area contributed by atoms with Crippen molar-refractivity contribution < 1.29 is 18.0 Å². The van der Waals surface area contributed by atoms with E-state index >= 15 is 0 Å². The molecular weight excluding hydrogens is 431 g/mol. The highest BCUT2D eigenvalue weighted by Gasteiger charge is 2.29. The van der Waals surface area contributed by atoms with E-state index in [1.54, 1.807) is 25.1 Å². The number of likely N-dealkylation sites (N-methyl/N-ethyl adjacent to an activating group) is 1. The molecule has 0 radical (unpaired) electrons. The van der Waals surface area contributed by atoms with Crippen LogP contribution in [0.1, 0.15) is 23.7 Å². The zero-order valence-corrected chi connectivity index (χ0v) is 15.8. The average molecular weight is 450 g/mol. The predicted octanol–water partition coefficient (Wildman–Crippen LogP) is 1.06. The number of amides is 2. The van der Waals surface area contributed by atoms with Gasteiger partial charge in [0.05, 0.1) is 18.1 Å². The van der Waals surface area contributed by atoms with Gasteiger partial charge in [-0.15, -0.1) is 0 Å². The summed E-state index contributed by atoms with van der Waals surface area (Å²) in [6.07, 6.45) is 0.436. The van der Waals surface area contributed by atoms with Crippen LogP contribution >= 0.6 is 22.6 Å². The van der Waals surface area contributed by atoms with Crippen LogP contribution in [0, 0.1) is 3.57 Å². The Kier molecular flexibility index (Phi) is 6.01. The number of hydrogen-bond donors (Lipinski definition) is 1. The van der Waals surface area contributed by atoms with Gasteiger partial charge in [-0.05, 0) is 54.1 Å². The Morgan fingerprint density at radius 3 is 2.70 bits per heavy atom. The van der Waals surface area contributed by atoms with Crippen molar-refractivity contribution in [1.29, 1.82) is 0 Å². The van der Waals surface area contributed by atoms with Gasteiger partial charge in [-0.2, -0.15) is 0 Å². The maximum atomic E-state index is 12.5. The molecule has 6 nitrogen and oxygen atoms in total. The van der Waals surface area contributed by atoms with E-state index in [0.717, 1.165) is 3.57 Å². The van der Waals surface area contributed by atoms with Gasteiger partial charge in [0.1, 0.15) is 0 Å². The highest BCUT2D eigenvalue weighted by Crippen LogP contribution is 2.12. The van der Waals surface area contributed by atoms with Crippen LogP contribution in [-0.4, -0.2) is 55.8 Å². The number of nitrogens with one attached hydrogen (secondary N) is 1. The lowest BCUT2D eigenvalue weighted by molar-refractivity contribution is -0.122. The van der Waals surface area contributed by atoms with Crippen molar-refractivity contribution in [1.82, 2.24) is 10.2 Å². The Balaban J connectivity index is 1.96. The second kappa shape index (κ2) is 7.61. The van der Waals surface area contributed by atoms with Crippen LogP contribution in [0.5, 0.6) is 0 Å². The molecule has 2 amide bonds. The van der Waals surface area contributed by atoms with Gasteiger partial charge in [0.25, 0.3) is 5.91 Å². The summed E-state index contributed by atoms with van der Waals surface area (Å²) in [5, 5.41) is 2.70. The van der Waals surface area contributed by atoms with Crippen molar-refractivity contribution in [2.45, 2.75) is 19.4 Å². The number of carbonyl (C=O) groups is 2. The van der Waals surface area contributed by atoms with E-state index < -0.39 is 9.84 Å². The summed E-state index contributed by atoms with van der Waals surface area (Å²) in [6, 6.07) is 6.83. The normalized spacial score (nSPS) is 19.3.